The highest BCUT2D eigenvalue weighted by molar-refractivity contribution is 9.10. The molecular formula is C28H25BrN4O3S. The molecule has 5 rings (SSSR count). The number of nitrogens with one attached hydrogen (secondary N) is 2. The zero-order valence-electron chi connectivity index (χ0n) is 20.3. The lowest BCUT2D eigenvalue weighted by Gasteiger charge is -2.26. The number of rotatable bonds is 7. The molecule has 1 aliphatic rings. The van der Waals surface area contributed by atoms with E-state index in [1.54, 1.807) is 6.20 Å². The third kappa shape index (κ3) is 5.29. The Hall–Kier alpha value is -3.53. The van der Waals surface area contributed by atoms with E-state index in [9.17, 15) is 4.79 Å². The summed E-state index contributed by atoms with van der Waals surface area (Å²) in [7, 11) is 1.49. The topological polar surface area (TPSA) is 79.6 Å². The van der Waals surface area contributed by atoms with Crippen LogP contribution in [0.2, 0.25) is 0 Å². The average Bonchev–Trinajstić information content (AvgIpc) is 3.50. The second-order valence-electron chi connectivity index (χ2n) is 8.71. The number of aryl methyl sites for hydroxylation is 1. The van der Waals surface area contributed by atoms with Crippen molar-refractivity contribution >= 4 is 50.5 Å². The van der Waals surface area contributed by atoms with Gasteiger partial charge in [-0.3, -0.25) is 9.78 Å². The Balaban J connectivity index is 1.52. The first-order valence-corrected chi connectivity index (χ1v) is 12.9. The standard InChI is InChI=1S/C28H25BrN4O3S/c1-17-6-11-20(21(29)15-17)23-12-13-24(36-23)27-26(22-5-3-4-14-30-22)32-28(37)33(27)19-9-7-18(8-10-19)31-25(34)16-35-2/h3-15,26-27H,16H2,1-2H3,(H,31,34)(H,32,37). The number of ether oxygens (including phenoxy) is 1. The molecule has 9 heteroatoms. The molecule has 2 unspecified atom stereocenters. The summed E-state index contributed by atoms with van der Waals surface area (Å²) >= 11 is 9.47. The summed E-state index contributed by atoms with van der Waals surface area (Å²) in [4.78, 5) is 18.5. The van der Waals surface area contributed by atoms with Gasteiger partial charge < -0.3 is 24.7 Å². The van der Waals surface area contributed by atoms with Crippen LogP contribution in [0.25, 0.3) is 11.3 Å². The number of carbonyl (C=O) groups is 1. The SMILES string of the molecule is COCC(=O)Nc1ccc(N2C(=S)NC(c3ccccn3)C2c2ccc(-c3ccc(C)cc3Br)o2)cc1. The molecule has 3 heterocycles. The maximum absolute atomic E-state index is 11.9. The van der Waals surface area contributed by atoms with Crippen molar-refractivity contribution in [3.63, 3.8) is 0 Å². The lowest BCUT2D eigenvalue weighted by Crippen LogP contribution is -2.29. The number of amides is 1. The molecule has 37 heavy (non-hydrogen) atoms. The lowest BCUT2D eigenvalue weighted by molar-refractivity contribution is -0.119. The van der Waals surface area contributed by atoms with Gasteiger partial charge in [0.25, 0.3) is 0 Å². The number of halogens is 1. The van der Waals surface area contributed by atoms with E-state index in [0.29, 0.717) is 10.8 Å². The zero-order chi connectivity index (χ0) is 25.9. The summed E-state index contributed by atoms with van der Waals surface area (Å²) in [5.41, 5.74) is 4.53. The molecule has 0 aliphatic carbocycles. The Morgan fingerprint density at radius 1 is 1.16 bits per heavy atom. The van der Waals surface area contributed by atoms with Crippen molar-refractivity contribution in [2.24, 2.45) is 0 Å². The summed E-state index contributed by atoms with van der Waals surface area (Å²) in [5.74, 6) is 1.30. The first-order valence-electron chi connectivity index (χ1n) is 11.7. The molecule has 2 atom stereocenters. The van der Waals surface area contributed by atoms with E-state index in [-0.39, 0.29) is 24.6 Å². The molecule has 2 N–H and O–H groups in total. The predicted octanol–water partition coefficient (Wildman–Crippen LogP) is 6.17. The first-order chi connectivity index (χ1) is 17.9. The highest BCUT2D eigenvalue weighted by Crippen LogP contribution is 2.43. The summed E-state index contributed by atoms with van der Waals surface area (Å²) in [6, 6.07) is 23.0. The van der Waals surface area contributed by atoms with Crippen molar-refractivity contribution in [2.45, 2.75) is 19.0 Å². The van der Waals surface area contributed by atoms with E-state index in [0.717, 1.165) is 38.5 Å². The third-order valence-electron chi connectivity index (χ3n) is 6.11. The summed E-state index contributed by atoms with van der Waals surface area (Å²) in [5, 5.41) is 6.82. The molecule has 1 fully saturated rings. The molecule has 2 aromatic heterocycles. The predicted molar refractivity (Wildman–Crippen MR) is 151 cm³/mol. The van der Waals surface area contributed by atoms with Crippen LogP contribution in [0.3, 0.4) is 0 Å². The second kappa shape index (κ2) is 10.8. The molecule has 0 radical (unpaired) electrons. The van der Waals surface area contributed by atoms with E-state index in [1.807, 2.05) is 65.6 Å². The molecule has 0 spiro atoms. The number of carbonyl (C=O) groups excluding carboxylic acids is 1. The van der Waals surface area contributed by atoms with Crippen LogP contribution in [0.15, 0.2) is 87.9 Å². The number of methoxy groups -OCH3 is 1. The van der Waals surface area contributed by atoms with E-state index in [1.165, 1.54) is 7.11 Å². The minimum atomic E-state index is -0.283. The van der Waals surface area contributed by atoms with Crippen LogP contribution in [-0.2, 0) is 9.53 Å². The van der Waals surface area contributed by atoms with Crippen molar-refractivity contribution in [1.82, 2.24) is 10.3 Å². The number of hydrogen-bond donors (Lipinski definition) is 2. The van der Waals surface area contributed by atoms with Crippen molar-refractivity contribution in [1.29, 1.82) is 0 Å². The molecule has 188 valence electrons. The Bertz CT molecular complexity index is 1430. The highest BCUT2D eigenvalue weighted by Gasteiger charge is 2.42. The van der Waals surface area contributed by atoms with Crippen LogP contribution in [0.1, 0.15) is 29.1 Å². The zero-order valence-corrected chi connectivity index (χ0v) is 22.7. The smallest absolute Gasteiger partial charge is 0.250 e. The van der Waals surface area contributed by atoms with Crippen LogP contribution < -0.4 is 15.5 Å². The molecular weight excluding hydrogens is 552 g/mol. The van der Waals surface area contributed by atoms with Gasteiger partial charge in [-0.1, -0.05) is 28.1 Å². The van der Waals surface area contributed by atoms with Crippen molar-refractivity contribution in [3.8, 4) is 11.3 Å². The molecule has 0 bridgehead atoms. The number of furan rings is 1. The normalized spacial score (nSPS) is 17.1. The fourth-order valence-electron chi connectivity index (χ4n) is 4.43. The van der Waals surface area contributed by atoms with Gasteiger partial charge in [0.05, 0.1) is 11.7 Å². The quantitative estimate of drug-likeness (QED) is 0.254. The molecule has 1 aliphatic heterocycles. The van der Waals surface area contributed by atoms with Crippen molar-refractivity contribution in [3.05, 3.63) is 100 Å². The summed E-state index contributed by atoms with van der Waals surface area (Å²) < 4.78 is 12.3. The lowest BCUT2D eigenvalue weighted by atomic mass is 10.0. The van der Waals surface area contributed by atoms with Crippen molar-refractivity contribution in [2.75, 3.05) is 23.9 Å². The van der Waals surface area contributed by atoms with Gasteiger partial charge in [-0.25, -0.2) is 0 Å². The average molecular weight is 578 g/mol. The summed E-state index contributed by atoms with van der Waals surface area (Å²) in [6.45, 7) is 2.05. The van der Waals surface area contributed by atoms with Crippen LogP contribution in [0.4, 0.5) is 11.4 Å². The largest absolute Gasteiger partial charge is 0.459 e. The number of aromatic nitrogens is 1. The molecule has 4 aromatic rings. The van der Waals surface area contributed by atoms with Gasteiger partial charge in [-0.2, -0.15) is 0 Å². The molecule has 1 saturated heterocycles. The number of nitrogens with zero attached hydrogens (tertiary/aromatic N) is 2. The monoisotopic (exact) mass is 576 g/mol. The fourth-order valence-corrected chi connectivity index (χ4v) is 5.47. The second-order valence-corrected chi connectivity index (χ2v) is 9.95. The molecule has 2 aromatic carbocycles. The number of thiocarbonyl (C=S) groups is 1. The van der Waals surface area contributed by atoms with Gasteiger partial charge in [0.15, 0.2) is 5.11 Å². The van der Waals surface area contributed by atoms with Crippen LogP contribution in [0.5, 0.6) is 0 Å². The number of anilines is 2. The Kier molecular flexibility index (Phi) is 7.36. The number of pyridine rings is 1. The maximum Gasteiger partial charge on any atom is 0.250 e. The van der Waals surface area contributed by atoms with E-state index in [2.05, 4.69) is 50.6 Å². The van der Waals surface area contributed by atoms with Crippen LogP contribution >= 0.6 is 28.1 Å². The van der Waals surface area contributed by atoms with Gasteiger partial charge in [0.1, 0.15) is 24.2 Å². The minimum Gasteiger partial charge on any atom is -0.459 e. The van der Waals surface area contributed by atoms with Crippen LogP contribution in [0, 0.1) is 6.92 Å². The van der Waals surface area contributed by atoms with E-state index < -0.39 is 0 Å². The highest BCUT2D eigenvalue weighted by atomic mass is 79.9. The van der Waals surface area contributed by atoms with Gasteiger partial charge in [0, 0.05) is 34.7 Å². The molecule has 0 saturated carbocycles. The molecule has 1 amide bonds. The van der Waals surface area contributed by atoms with E-state index >= 15 is 0 Å². The fraction of sp³-hybridized carbons (Fsp3) is 0.179. The number of benzene rings is 2. The first kappa shape index (κ1) is 25.1. The molecule has 7 nitrogen and oxygen atoms in total. The Morgan fingerprint density at radius 2 is 1.97 bits per heavy atom. The van der Waals surface area contributed by atoms with E-state index in [4.69, 9.17) is 21.4 Å². The Morgan fingerprint density at radius 3 is 2.68 bits per heavy atom. The minimum absolute atomic E-state index is 0.00631. The van der Waals surface area contributed by atoms with Gasteiger partial charge in [-0.15, -0.1) is 0 Å². The van der Waals surface area contributed by atoms with Crippen molar-refractivity contribution < 1.29 is 13.9 Å². The maximum atomic E-state index is 11.9. The van der Waals surface area contributed by atoms with Gasteiger partial charge >= 0.3 is 0 Å². The number of hydrogen-bond acceptors (Lipinski definition) is 5. The Labute approximate surface area is 229 Å². The van der Waals surface area contributed by atoms with Crippen LogP contribution in [-0.4, -0.2) is 29.7 Å². The summed E-state index contributed by atoms with van der Waals surface area (Å²) in [6.07, 6.45) is 1.77. The van der Waals surface area contributed by atoms with Gasteiger partial charge in [0.2, 0.25) is 5.91 Å². The third-order valence-corrected chi connectivity index (χ3v) is 7.08. The van der Waals surface area contributed by atoms with Gasteiger partial charge in [-0.05, 0) is 85.4 Å².